The lowest BCUT2D eigenvalue weighted by atomic mass is 10.0. The van der Waals surface area contributed by atoms with Crippen LogP contribution in [0.2, 0.25) is 0 Å². The van der Waals surface area contributed by atoms with Crippen molar-refractivity contribution in [1.29, 1.82) is 0 Å². The van der Waals surface area contributed by atoms with Gasteiger partial charge in [-0.3, -0.25) is 4.79 Å². The summed E-state index contributed by atoms with van der Waals surface area (Å²) in [5.41, 5.74) is 0. The summed E-state index contributed by atoms with van der Waals surface area (Å²) in [5.74, 6) is -1.15. The molecule has 1 fully saturated rings. The van der Waals surface area contributed by atoms with Gasteiger partial charge in [-0.15, -0.1) is 0 Å². The number of rotatable bonds is 4. The molecule has 2 rings (SSSR count). The van der Waals surface area contributed by atoms with Gasteiger partial charge in [0.05, 0.1) is 19.3 Å². The fourth-order valence-electron chi connectivity index (χ4n) is 2.37. The van der Waals surface area contributed by atoms with E-state index in [0.717, 1.165) is 6.42 Å². The first-order valence-electron chi connectivity index (χ1n) is 6.71. The standard InChI is InChI=1S/C14H19NO5/c1-9(2)7-10-8-19-6-5-15(10)13(16)11-3-4-12(20-11)14(17)18/h3-4,9-10H,5-8H2,1-2H3,(H,17,18)/t10-/m0/s1. The lowest BCUT2D eigenvalue weighted by molar-refractivity contribution is -0.00900. The van der Waals surface area contributed by atoms with E-state index < -0.39 is 5.97 Å². The summed E-state index contributed by atoms with van der Waals surface area (Å²) in [5, 5.41) is 8.82. The third-order valence-electron chi connectivity index (χ3n) is 3.26. The number of ether oxygens (including phenoxy) is 1. The smallest absolute Gasteiger partial charge is 0.371 e. The molecule has 0 unspecified atom stereocenters. The Morgan fingerprint density at radius 1 is 1.40 bits per heavy atom. The number of carboxylic acids is 1. The molecular formula is C14H19NO5. The number of furan rings is 1. The number of nitrogens with zero attached hydrogens (tertiary/aromatic N) is 1. The monoisotopic (exact) mass is 281 g/mol. The lowest BCUT2D eigenvalue weighted by Crippen LogP contribution is -2.49. The van der Waals surface area contributed by atoms with Crippen molar-refractivity contribution in [3.05, 3.63) is 23.7 Å². The van der Waals surface area contributed by atoms with E-state index >= 15 is 0 Å². The van der Waals surface area contributed by atoms with E-state index in [1.165, 1.54) is 12.1 Å². The molecule has 0 aliphatic carbocycles. The van der Waals surface area contributed by atoms with Gasteiger partial charge in [-0.2, -0.15) is 0 Å². The SMILES string of the molecule is CC(C)C[C@H]1COCCN1C(=O)c1ccc(C(=O)O)o1. The van der Waals surface area contributed by atoms with E-state index in [0.29, 0.717) is 25.7 Å². The van der Waals surface area contributed by atoms with E-state index in [1.54, 1.807) is 4.90 Å². The number of aromatic carboxylic acids is 1. The third-order valence-corrected chi connectivity index (χ3v) is 3.26. The van der Waals surface area contributed by atoms with Crippen molar-refractivity contribution in [2.24, 2.45) is 5.92 Å². The highest BCUT2D eigenvalue weighted by atomic mass is 16.5. The van der Waals surface area contributed by atoms with Gasteiger partial charge in [0.15, 0.2) is 5.76 Å². The molecule has 0 radical (unpaired) electrons. The van der Waals surface area contributed by atoms with Crippen LogP contribution in [-0.4, -0.2) is 47.7 Å². The first kappa shape index (κ1) is 14.6. The summed E-state index contributed by atoms with van der Waals surface area (Å²) in [6.07, 6.45) is 0.845. The van der Waals surface area contributed by atoms with Crippen LogP contribution in [0.1, 0.15) is 41.4 Å². The zero-order valence-electron chi connectivity index (χ0n) is 11.7. The fraction of sp³-hybridized carbons (Fsp3) is 0.571. The van der Waals surface area contributed by atoms with E-state index in [-0.39, 0.29) is 23.5 Å². The van der Waals surface area contributed by atoms with E-state index in [2.05, 4.69) is 13.8 Å². The molecule has 1 aliphatic heterocycles. The highest BCUT2D eigenvalue weighted by Crippen LogP contribution is 2.19. The molecule has 1 atom stereocenters. The van der Waals surface area contributed by atoms with Crippen LogP contribution in [0.25, 0.3) is 0 Å². The molecule has 1 saturated heterocycles. The molecule has 1 amide bonds. The van der Waals surface area contributed by atoms with Crippen LogP contribution in [-0.2, 0) is 4.74 Å². The van der Waals surface area contributed by atoms with Crippen molar-refractivity contribution in [3.8, 4) is 0 Å². The molecule has 0 bridgehead atoms. The molecule has 1 aliphatic rings. The maximum absolute atomic E-state index is 12.4. The van der Waals surface area contributed by atoms with Crippen LogP contribution in [0.15, 0.2) is 16.5 Å². The zero-order valence-corrected chi connectivity index (χ0v) is 11.7. The number of carboxylic acid groups (broad SMARTS) is 1. The van der Waals surface area contributed by atoms with Crippen molar-refractivity contribution >= 4 is 11.9 Å². The minimum atomic E-state index is -1.18. The molecule has 20 heavy (non-hydrogen) atoms. The van der Waals surface area contributed by atoms with Gasteiger partial charge >= 0.3 is 5.97 Å². The largest absolute Gasteiger partial charge is 0.475 e. The van der Waals surface area contributed by atoms with Crippen LogP contribution >= 0.6 is 0 Å². The van der Waals surface area contributed by atoms with E-state index in [1.807, 2.05) is 0 Å². The summed E-state index contributed by atoms with van der Waals surface area (Å²) in [4.78, 5) is 24.9. The molecule has 6 nitrogen and oxygen atoms in total. The van der Waals surface area contributed by atoms with Crippen molar-refractivity contribution in [3.63, 3.8) is 0 Å². The Balaban J connectivity index is 2.14. The zero-order chi connectivity index (χ0) is 14.7. The van der Waals surface area contributed by atoms with Crippen LogP contribution in [0, 0.1) is 5.92 Å². The number of amides is 1. The highest BCUT2D eigenvalue weighted by molar-refractivity contribution is 5.93. The van der Waals surface area contributed by atoms with Crippen LogP contribution in [0.3, 0.4) is 0 Å². The molecule has 1 aromatic rings. The van der Waals surface area contributed by atoms with Gasteiger partial charge < -0.3 is 19.2 Å². The van der Waals surface area contributed by atoms with Crippen LogP contribution in [0.5, 0.6) is 0 Å². The summed E-state index contributed by atoms with van der Waals surface area (Å²) >= 11 is 0. The topological polar surface area (TPSA) is 80.0 Å². The number of carbonyl (C=O) groups is 2. The number of carbonyl (C=O) groups excluding carboxylic acids is 1. The number of morpholine rings is 1. The van der Waals surface area contributed by atoms with Crippen LogP contribution in [0.4, 0.5) is 0 Å². The Morgan fingerprint density at radius 2 is 2.10 bits per heavy atom. The summed E-state index contributed by atoms with van der Waals surface area (Å²) in [6, 6.07) is 2.72. The Kier molecular flexibility index (Phi) is 4.44. The minimum Gasteiger partial charge on any atom is -0.475 e. The van der Waals surface area contributed by atoms with Crippen molar-refractivity contribution in [1.82, 2.24) is 4.90 Å². The van der Waals surface area contributed by atoms with Crippen molar-refractivity contribution in [2.45, 2.75) is 26.3 Å². The summed E-state index contributed by atoms with van der Waals surface area (Å²) in [6.45, 7) is 5.68. The molecule has 2 heterocycles. The predicted octanol–water partition coefficient (Wildman–Crippen LogP) is 1.86. The molecular weight excluding hydrogens is 262 g/mol. The van der Waals surface area contributed by atoms with Gasteiger partial charge in [0, 0.05) is 6.54 Å². The van der Waals surface area contributed by atoms with E-state index in [4.69, 9.17) is 14.3 Å². The quantitative estimate of drug-likeness (QED) is 0.911. The van der Waals surface area contributed by atoms with Crippen molar-refractivity contribution < 1.29 is 23.8 Å². The first-order valence-corrected chi connectivity index (χ1v) is 6.71. The Hall–Kier alpha value is -1.82. The Bertz CT molecular complexity index is 494. The van der Waals surface area contributed by atoms with Gasteiger partial charge in [-0.05, 0) is 24.5 Å². The average Bonchev–Trinajstić information content (AvgIpc) is 2.87. The van der Waals surface area contributed by atoms with Gasteiger partial charge in [-0.1, -0.05) is 13.8 Å². The second-order valence-corrected chi connectivity index (χ2v) is 5.33. The second kappa shape index (κ2) is 6.09. The summed E-state index contributed by atoms with van der Waals surface area (Å²) < 4.78 is 10.5. The number of hydrogen-bond acceptors (Lipinski definition) is 4. The maximum atomic E-state index is 12.4. The fourth-order valence-corrected chi connectivity index (χ4v) is 2.37. The van der Waals surface area contributed by atoms with Gasteiger partial charge in [0.1, 0.15) is 0 Å². The molecule has 1 aromatic heterocycles. The van der Waals surface area contributed by atoms with Gasteiger partial charge in [-0.25, -0.2) is 4.79 Å². The van der Waals surface area contributed by atoms with Crippen molar-refractivity contribution in [2.75, 3.05) is 19.8 Å². The van der Waals surface area contributed by atoms with Crippen LogP contribution < -0.4 is 0 Å². The predicted molar refractivity (Wildman–Crippen MR) is 70.8 cm³/mol. The van der Waals surface area contributed by atoms with E-state index in [9.17, 15) is 9.59 Å². The average molecular weight is 281 g/mol. The third kappa shape index (κ3) is 3.19. The molecule has 1 N–H and O–H groups in total. The lowest BCUT2D eigenvalue weighted by Gasteiger charge is -2.36. The normalized spacial score (nSPS) is 19.4. The Morgan fingerprint density at radius 3 is 2.70 bits per heavy atom. The minimum absolute atomic E-state index is 0.00891. The summed E-state index contributed by atoms with van der Waals surface area (Å²) in [7, 11) is 0. The Labute approximate surface area is 117 Å². The molecule has 0 aromatic carbocycles. The van der Waals surface area contributed by atoms with Gasteiger partial charge in [0.2, 0.25) is 5.76 Å². The second-order valence-electron chi connectivity index (χ2n) is 5.33. The van der Waals surface area contributed by atoms with Gasteiger partial charge in [0.25, 0.3) is 5.91 Å². The first-order chi connectivity index (χ1) is 9.49. The molecule has 0 spiro atoms. The highest BCUT2D eigenvalue weighted by Gasteiger charge is 2.30. The molecule has 6 heteroatoms. The number of hydrogen-bond donors (Lipinski definition) is 1. The maximum Gasteiger partial charge on any atom is 0.371 e. The molecule has 110 valence electrons. The molecule has 0 saturated carbocycles.